The predicted molar refractivity (Wildman–Crippen MR) is 113 cm³/mol. The van der Waals surface area contributed by atoms with E-state index in [0.29, 0.717) is 25.7 Å². The Morgan fingerprint density at radius 1 is 1.23 bits per heavy atom. The third-order valence-corrected chi connectivity index (χ3v) is 6.23. The van der Waals surface area contributed by atoms with E-state index in [9.17, 15) is 8.78 Å². The van der Waals surface area contributed by atoms with Gasteiger partial charge in [-0.05, 0) is 33.1 Å². The summed E-state index contributed by atoms with van der Waals surface area (Å²) in [6.45, 7) is 10.6. The molecular weight excluding hydrogens is 453 g/mol. The number of guanidine groups is 1. The molecule has 26 heavy (non-hydrogen) atoms. The topological polar surface area (TPSA) is 48.9 Å². The van der Waals surface area contributed by atoms with E-state index in [1.807, 2.05) is 11.8 Å². The van der Waals surface area contributed by atoms with Crippen LogP contribution < -0.4 is 10.6 Å². The van der Waals surface area contributed by atoms with Gasteiger partial charge in [-0.15, -0.1) is 24.0 Å². The molecule has 0 aromatic rings. The van der Waals surface area contributed by atoms with Crippen molar-refractivity contribution in [1.82, 2.24) is 15.5 Å². The molecule has 0 amide bonds. The minimum atomic E-state index is -2.25. The second-order valence-electron chi connectivity index (χ2n) is 7.99. The fourth-order valence-electron chi connectivity index (χ4n) is 3.83. The van der Waals surface area contributed by atoms with Crippen LogP contribution in [0.25, 0.3) is 0 Å². The smallest absolute Gasteiger partial charge is 0.251 e. The highest BCUT2D eigenvalue weighted by molar-refractivity contribution is 14.0. The molecule has 0 spiro atoms. The van der Waals surface area contributed by atoms with E-state index >= 15 is 0 Å². The Kier molecular flexibility index (Phi) is 8.99. The first-order valence-corrected chi connectivity index (χ1v) is 9.35. The molecule has 1 saturated carbocycles. The number of methoxy groups -OCH3 is 1. The fraction of sp³-hybridized carbons (Fsp3) is 0.944. The van der Waals surface area contributed by atoms with Gasteiger partial charge in [0.1, 0.15) is 0 Å². The van der Waals surface area contributed by atoms with Crippen LogP contribution in [0, 0.1) is 5.41 Å². The van der Waals surface area contributed by atoms with Crippen molar-refractivity contribution >= 4 is 29.9 Å². The third kappa shape index (κ3) is 5.41. The summed E-state index contributed by atoms with van der Waals surface area (Å²) in [5.74, 6) is 0.825. The molecule has 154 valence electrons. The molecule has 2 unspecified atom stereocenters. The summed E-state index contributed by atoms with van der Waals surface area (Å²) in [5.41, 5.74) is -0.110. The highest BCUT2D eigenvalue weighted by atomic mass is 127. The van der Waals surface area contributed by atoms with Crippen LogP contribution in [0.4, 0.5) is 8.78 Å². The van der Waals surface area contributed by atoms with Crippen molar-refractivity contribution in [1.29, 1.82) is 0 Å². The molecule has 0 radical (unpaired) electrons. The monoisotopic (exact) mass is 488 g/mol. The minimum absolute atomic E-state index is 0. The van der Waals surface area contributed by atoms with Gasteiger partial charge < -0.3 is 15.4 Å². The van der Waals surface area contributed by atoms with Gasteiger partial charge >= 0.3 is 0 Å². The molecule has 2 fully saturated rings. The van der Waals surface area contributed by atoms with E-state index in [1.54, 1.807) is 7.11 Å². The van der Waals surface area contributed by atoms with Gasteiger partial charge in [0.2, 0.25) is 0 Å². The maximum Gasteiger partial charge on any atom is 0.251 e. The second-order valence-corrected chi connectivity index (χ2v) is 7.99. The number of ether oxygens (including phenoxy) is 1. The van der Waals surface area contributed by atoms with Gasteiger partial charge in [0.25, 0.3) is 6.43 Å². The first kappa shape index (κ1) is 23.8. The second kappa shape index (κ2) is 9.82. The normalized spacial score (nSPS) is 29.8. The van der Waals surface area contributed by atoms with Gasteiger partial charge in [-0.25, -0.2) is 8.78 Å². The summed E-state index contributed by atoms with van der Waals surface area (Å²) in [7, 11) is 1.77. The Morgan fingerprint density at radius 3 is 2.31 bits per heavy atom. The molecule has 2 aliphatic rings. The largest absolute Gasteiger partial charge is 0.378 e. The number of halogens is 3. The molecule has 0 bridgehead atoms. The quantitative estimate of drug-likeness (QED) is 0.343. The van der Waals surface area contributed by atoms with Crippen LogP contribution in [0.5, 0.6) is 0 Å². The summed E-state index contributed by atoms with van der Waals surface area (Å²) < 4.78 is 30.7. The SMILES string of the molecule is CCN=C(NC1CCN(CC(F)F)CC1)NC1CC(C)(OC)C1(C)C.I. The molecule has 1 saturated heterocycles. The van der Waals surface area contributed by atoms with Gasteiger partial charge in [-0.1, -0.05) is 13.8 Å². The van der Waals surface area contributed by atoms with E-state index in [2.05, 4.69) is 36.4 Å². The predicted octanol–water partition coefficient (Wildman–Crippen LogP) is 3.09. The zero-order chi connectivity index (χ0) is 18.7. The molecule has 0 aromatic heterocycles. The summed E-state index contributed by atoms with van der Waals surface area (Å²) in [4.78, 5) is 6.41. The zero-order valence-electron chi connectivity index (χ0n) is 16.6. The molecule has 5 nitrogen and oxygen atoms in total. The highest BCUT2D eigenvalue weighted by Gasteiger charge is 2.58. The van der Waals surface area contributed by atoms with Crippen LogP contribution in [0.2, 0.25) is 0 Å². The average molecular weight is 488 g/mol. The Balaban J connectivity index is 0.00000338. The summed E-state index contributed by atoms with van der Waals surface area (Å²) in [6.07, 6.45) is 0.412. The molecule has 1 aliphatic heterocycles. The van der Waals surface area contributed by atoms with Gasteiger partial charge in [0.15, 0.2) is 5.96 Å². The number of hydrogen-bond donors (Lipinski definition) is 2. The van der Waals surface area contributed by atoms with E-state index in [0.717, 1.165) is 25.2 Å². The van der Waals surface area contributed by atoms with Crippen molar-refractivity contribution in [3.8, 4) is 0 Å². The zero-order valence-corrected chi connectivity index (χ0v) is 19.0. The Hall–Kier alpha value is -0.220. The van der Waals surface area contributed by atoms with Crippen molar-refractivity contribution in [2.45, 2.75) is 71.1 Å². The fourth-order valence-corrected chi connectivity index (χ4v) is 3.83. The van der Waals surface area contributed by atoms with E-state index in [-0.39, 0.29) is 47.6 Å². The van der Waals surface area contributed by atoms with Crippen molar-refractivity contribution in [3.05, 3.63) is 0 Å². The molecule has 8 heteroatoms. The Bertz CT molecular complexity index is 470. The standard InChI is InChI=1S/C18H34F2N4O.HI/c1-6-21-16(23-14-11-18(4,25-5)17(14,2)3)22-13-7-9-24(10-8-13)12-15(19)20;/h13-15H,6-12H2,1-5H3,(H2,21,22,23);1H. The van der Waals surface area contributed by atoms with E-state index in [1.165, 1.54) is 0 Å². The van der Waals surface area contributed by atoms with Crippen molar-refractivity contribution in [2.75, 3.05) is 33.3 Å². The lowest BCUT2D eigenvalue weighted by atomic mass is 9.56. The molecular formula is C18H35F2IN4O. The van der Waals surface area contributed by atoms with E-state index in [4.69, 9.17) is 4.74 Å². The van der Waals surface area contributed by atoms with Gasteiger partial charge in [-0.2, -0.15) is 0 Å². The summed E-state index contributed by atoms with van der Waals surface area (Å²) >= 11 is 0. The number of nitrogens with one attached hydrogen (secondary N) is 2. The molecule has 1 heterocycles. The molecule has 0 aromatic carbocycles. The van der Waals surface area contributed by atoms with Crippen molar-refractivity contribution in [2.24, 2.45) is 10.4 Å². The number of rotatable bonds is 6. The first-order chi connectivity index (χ1) is 11.7. The van der Waals surface area contributed by atoms with Crippen LogP contribution in [0.1, 0.15) is 47.0 Å². The van der Waals surface area contributed by atoms with Gasteiger partial charge in [0.05, 0.1) is 12.1 Å². The number of hydrogen-bond acceptors (Lipinski definition) is 3. The van der Waals surface area contributed by atoms with Crippen molar-refractivity contribution in [3.63, 3.8) is 0 Å². The maximum absolute atomic E-state index is 12.5. The lowest BCUT2D eigenvalue weighted by Gasteiger charge is -2.59. The van der Waals surface area contributed by atoms with Gasteiger partial charge in [-0.3, -0.25) is 9.89 Å². The molecule has 1 aliphatic carbocycles. The van der Waals surface area contributed by atoms with Gasteiger partial charge in [0, 0.05) is 44.2 Å². The molecule has 2 atom stereocenters. The molecule has 2 N–H and O–H groups in total. The van der Waals surface area contributed by atoms with Crippen LogP contribution in [0.15, 0.2) is 4.99 Å². The van der Waals surface area contributed by atoms with Crippen LogP contribution in [-0.2, 0) is 4.74 Å². The number of likely N-dealkylation sites (tertiary alicyclic amines) is 1. The van der Waals surface area contributed by atoms with Crippen LogP contribution in [-0.4, -0.2) is 68.3 Å². The number of piperidine rings is 1. The number of nitrogens with zero attached hydrogens (tertiary/aromatic N) is 2. The lowest BCUT2D eigenvalue weighted by molar-refractivity contribution is -0.176. The molecule has 2 rings (SSSR count). The van der Waals surface area contributed by atoms with Crippen molar-refractivity contribution < 1.29 is 13.5 Å². The highest BCUT2D eigenvalue weighted by Crippen LogP contribution is 2.51. The van der Waals surface area contributed by atoms with Crippen LogP contribution in [0.3, 0.4) is 0 Å². The first-order valence-electron chi connectivity index (χ1n) is 9.35. The summed E-state index contributed by atoms with van der Waals surface area (Å²) in [5, 5.41) is 7.05. The number of alkyl halides is 2. The average Bonchev–Trinajstić information content (AvgIpc) is 2.55. The minimum Gasteiger partial charge on any atom is -0.378 e. The van der Waals surface area contributed by atoms with E-state index < -0.39 is 6.43 Å². The third-order valence-electron chi connectivity index (χ3n) is 6.23. The maximum atomic E-state index is 12.5. The Morgan fingerprint density at radius 2 is 1.85 bits per heavy atom. The summed E-state index contributed by atoms with van der Waals surface area (Å²) in [6, 6.07) is 0.581. The Labute approximate surface area is 173 Å². The lowest BCUT2D eigenvalue weighted by Crippen LogP contribution is -2.70. The number of aliphatic imine (C=N–C) groups is 1. The van der Waals surface area contributed by atoms with Crippen LogP contribution >= 0.6 is 24.0 Å².